The Morgan fingerprint density at radius 3 is 2.14 bits per heavy atom. The second-order valence-electron chi connectivity index (χ2n) is 5.40. The van der Waals surface area contributed by atoms with Crippen LogP contribution >= 0.6 is 0 Å². The van der Waals surface area contributed by atoms with Crippen LogP contribution in [0.3, 0.4) is 0 Å². The van der Waals surface area contributed by atoms with E-state index in [1.165, 1.54) is 0 Å². The average molecular weight is 199 g/mol. The van der Waals surface area contributed by atoms with Gasteiger partial charge in [0.05, 0.1) is 0 Å². The molecule has 0 aliphatic heterocycles. The molecule has 4 aliphatic rings. The minimum atomic E-state index is -2.50. The van der Waals surface area contributed by atoms with Gasteiger partial charge in [-0.3, -0.25) is 4.79 Å². The molecule has 0 amide bonds. The lowest BCUT2D eigenvalue weighted by Crippen LogP contribution is -2.57. The first-order valence-electron chi connectivity index (χ1n) is 5.33. The monoisotopic (exact) mass is 199 g/mol. The zero-order valence-corrected chi connectivity index (χ0v) is 7.93. The van der Waals surface area contributed by atoms with E-state index in [2.05, 4.69) is 6.29 Å². The van der Waals surface area contributed by atoms with E-state index in [-0.39, 0.29) is 0 Å². The van der Waals surface area contributed by atoms with Crippen molar-refractivity contribution in [1.82, 2.24) is 0 Å². The van der Waals surface area contributed by atoms with Crippen molar-refractivity contribution in [1.29, 1.82) is 0 Å². The predicted molar refractivity (Wildman–Crippen MR) is 46.6 cm³/mol. The molecule has 0 aromatic rings. The van der Waals surface area contributed by atoms with Crippen molar-refractivity contribution in [2.45, 2.75) is 38.0 Å². The van der Waals surface area contributed by atoms with Gasteiger partial charge in [-0.15, -0.1) is 0 Å². The van der Waals surface area contributed by atoms with Gasteiger partial charge in [-0.1, -0.05) is 0 Å². The van der Waals surface area contributed by atoms with E-state index in [1.807, 2.05) is 0 Å². The lowest BCUT2D eigenvalue weighted by atomic mass is 9.48. The van der Waals surface area contributed by atoms with Crippen molar-refractivity contribution in [2.24, 2.45) is 23.2 Å². The molecule has 0 saturated heterocycles. The van der Waals surface area contributed by atoms with Crippen molar-refractivity contribution in [3.05, 3.63) is 0 Å². The van der Waals surface area contributed by atoms with Crippen molar-refractivity contribution < 1.29 is 13.6 Å². The molecule has 4 bridgehead atoms. The van der Waals surface area contributed by atoms with E-state index < -0.39 is 23.2 Å². The molecule has 4 rings (SSSR count). The molecular formula is C11H13F2O. The largest absolute Gasteiger partial charge is 0.290 e. The molecule has 1 nitrogen and oxygen atoms in total. The fourth-order valence-corrected chi connectivity index (χ4v) is 4.02. The Balaban J connectivity index is 1.99. The van der Waals surface area contributed by atoms with Crippen LogP contribution < -0.4 is 0 Å². The van der Waals surface area contributed by atoms with Gasteiger partial charge in [-0.2, -0.15) is 0 Å². The molecule has 77 valence electrons. The molecule has 1 radical (unpaired) electrons. The SMILES string of the molecule is O=[C]C12CC3CC(C1)C(F)(F)C(C3)C2. The maximum Gasteiger partial charge on any atom is 0.253 e. The standard InChI is InChI=1S/C11H13F2O/c12-11(13)8-1-7-2-9(11)5-10(3-7,4-8)6-14/h7-9H,1-5H2. The Morgan fingerprint density at radius 1 is 1.07 bits per heavy atom. The number of halogens is 2. The Bertz CT molecular complexity index is 269. The smallest absolute Gasteiger partial charge is 0.253 e. The van der Waals surface area contributed by atoms with Crippen LogP contribution in [0.1, 0.15) is 32.1 Å². The van der Waals surface area contributed by atoms with E-state index in [4.69, 9.17) is 0 Å². The lowest BCUT2D eigenvalue weighted by molar-refractivity contribution is -0.212. The molecule has 4 aliphatic carbocycles. The van der Waals surface area contributed by atoms with Gasteiger partial charge in [0.25, 0.3) is 5.92 Å². The fourth-order valence-electron chi connectivity index (χ4n) is 4.02. The van der Waals surface area contributed by atoms with Crippen LogP contribution in [0.4, 0.5) is 8.78 Å². The highest BCUT2D eigenvalue weighted by Gasteiger charge is 2.64. The van der Waals surface area contributed by atoms with Crippen molar-refractivity contribution in [2.75, 3.05) is 0 Å². The van der Waals surface area contributed by atoms with Gasteiger partial charge in [0.1, 0.15) is 0 Å². The highest BCUT2D eigenvalue weighted by molar-refractivity contribution is 5.61. The molecule has 0 aromatic heterocycles. The van der Waals surface area contributed by atoms with Crippen LogP contribution in [0.25, 0.3) is 0 Å². The molecule has 3 heteroatoms. The predicted octanol–water partition coefficient (Wildman–Crippen LogP) is 2.56. The third kappa shape index (κ3) is 0.908. The molecule has 0 N–H and O–H groups in total. The summed E-state index contributed by atoms with van der Waals surface area (Å²) in [5.41, 5.74) is -0.488. The summed E-state index contributed by atoms with van der Waals surface area (Å²) < 4.78 is 27.4. The molecule has 2 atom stereocenters. The zero-order chi connectivity index (χ0) is 9.97. The number of rotatable bonds is 1. The molecule has 14 heavy (non-hydrogen) atoms. The molecule has 0 aromatic carbocycles. The Hall–Kier alpha value is -0.470. The van der Waals surface area contributed by atoms with Gasteiger partial charge in [0.2, 0.25) is 6.29 Å². The number of hydrogen-bond acceptors (Lipinski definition) is 1. The van der Waals surface area contributed by atoms with Gasteiger partial charge < -0.3 is 0 Å². The van der Waals surface area contributed by atoms with Crippen LogP contribution in [0, 0.1) is 23.2 Å². The summed E-state index contributed by atoms with van der Waals surface area (Å²) in [6.45, 7) is 0. The third-order valence-corrected chi connectivity index (χ3v) is 4.49. The number of alkyl halides is 2. The summed E-state index contributed by atoms with van der Waals surface area (Å²) >= 11 is 0. The molecule has 4 saturated carbocycles. The molecule has 0 spiro atoms. The van der Waals surface area contributed by atoms with Crippen molar-refractivity contribution in [3.8, 4) is 0 Å². The summed E-state index contributed by atoms with van der Waals surface area (Å²) in [7, 11) is 0. The second kappa shape index (κ2) is 2.37. The third-order valence-electron chi connectivity index (χ3n) is 4.49. The summed E-state index contributed by atoms with van der Waals surface area (Å²) in [5.74, 6) is -3.20. The van der Waals surface area contributed by atoms with Gasteiger partial charge in [0, 0.05) is 17.3 Å². The van der Waals surface area contributed by atoms with Crippen LogP contribution in [-0.4, -0.2) is 12.2 Å². The van der Waals surface area contributed by atoms with Crippen LogP contribution in [0.5, 0.6) is 0 Å². The minimum absolute atomic E-state index is 0.369. The van der Waals surface area contributed by atoms with Gasteiger partial charge >= 0.3 is 0 Å². The minimum Gasteiger partial charge on any atom is -0.290 e. The van der Waals surface area contributed by atoms with E-state index in [0.29, 0.717) is 31.6 Å². The molecule has 4 fully saturated rings. The highest BCUT2D eigenvalue weighted by atomic mass is 19.3. The van der Waals surface area contributed by atoms with E-state index in [9.17, 15) is 13.6 Å². The normalized spacial score (nSPS) is 53.4. The maximum atomic E-state index is 13.7. The number of carbonyl (C=O) groups excluding carboxylic acids is 1. The van der Waals surface area contributed by atoms with Crippen molar-refractivity contribution >= 4 is 6.29 Å². The maximum absolute atomic E-state index is 13.7. The molecule has 2 unspecified atom stereocenters. The van der Waals surface area contributed by atoms with E-state index >= 15 is 0 Å². The second-order valence-corrected chi connectivity index (χ2v) is 5.40. The van der Waals surface area contributed by atoms with Crippen LogP contribution in [-0.2, 0) is 4.79 Å². The van der Waals surface area contributed by atoms with Gasteiger partial charge in [-0.25, -0.2) is 8.78 Å². The first-order chi connectivity index (χ1) is 6.56. The average Bonchev–Trinajstić information content (AvgIpc) is 2.14. The Labute approximate surface area is 81.9 Å². The summed E-state index contributed by atoms with van der Waals surface area (Å²) in [6.07, 6.45) is 4.92. The quantitative estimate of drug-likeness (QED) is 0.634. The first kappa shape index (κ1) is 8.81. The summed E-state index contributed by atoms with van der Waals surface area (Å²) in [6, 6.07) is 0. The van der Waals surface area contributed by atoms with Crippen LogP contribution in [0.2, 0.25) is 0 Å². The zero-order valence-electron chi connectivity index (χ0n) is 7.93. The van der Waals surface area contributed by atoms with Gasteiger partial charge in [-0.05, 0) is 38.0 Å². The van der Waals surface area contributed by atoms with E-state index in [1.54, 1.807) is 0 Å². The highest BCUT2D eigenvalue weighted by Crippen LogP contribution is 2.64. The molecule has 0 heterocycles. The lowest BCUT2D eigenvalue weighted by Gasteiger charge is -2.57. The molecular weight excluding hydrogens is 186 g/mol. The summed E-state index contributed by atoms with van der Waals surface area (Å²) in [5, 5.41) is 0. The summed E-state index contributed by atoms with van der Waals surface area (Å²) in [4.78, 5) is 10.9. The number of hydrogen-bond donors (Lipinski definition) is 0. The van der Waals surface area contributed by atoms with E-state index in [0.717, 1.165) is 6.42 Å². The first-order valence-corrected chi connectivity index (χ1v) is 5.33. The topological polar surface area (TPSA) is 17.1 Å². The fraction of sp³-hybridized carbons (Fsp3) is 0.909. The Morgan fingerprint density at radius 2 is 1.64 bits per heavy atom. The van der Waals surface area contributed by atoms with Crippen LogP contribution in [0.15, 0.2) is 0 Å². The Kier molecular flexibility index (Phi) is 1.49. The van der Waals surface area contributed by atoms with Gasteiger partial charge in [0.15, 0.2) is 0 Å². The van der Waals surface area contributed by atoms with Crippen molar-refractivity contribution in [3.63, 3.8) is 0 Å².